The van der Waals surface area contributed by atoms with Crippen molar-refractivity contribution in [3.8, 4) is 22.6 Å². The van der Waals surface area contributed by atoms with Gasteiger partial charge >= 0.3 is 0 Å². The molecule has 0 aliphatic carbocycles. The molecule has 0 spiro atoms. The van der Waals surface area contributed by atoms with Gasteiger partial charge in [-0.15, -0.1) is 0 Å². The third kappa shape index (κ3) is 3.98. The van der Waals surface area contributed by atoms with Gasteiger partial charge in [-0.1, -0.05) is 66.2 Å². The molecule has 0 amide bonds. The third-order valence-electron chi connectivity index (χ3n) is 4.43. The fourth-order valence-corrected chi connectivity index (χ4v) is 3.10. The SMILES string of the molecule is O=C(c1ccc(Cl)cc1)c1ccccc1Oc1ccc(-c2ccccc2)cc1. The van der Waals surface area contributed by atoms with E-state index in [0.717, 1.165) is 11.1 Å². The Bertz CT molecular complexity index is 1090. The maximum Gasteiger partial charge on any atom is 0.196 e. The average Bonchev–Trinajstić information content (AvgIpc) is 2.75. The monoisotopic (exact) mass is 384 g/mol. The lowest BCUT2D eigenvalue weighted by molar-refractivity contribution is 0.103. The molecule has 0 bridgehead atoms. The van der Waals surface area contributed by atoms with Crippen molar-refractivity contribution >= 4 is 17.4 Å². The summed E-state index contributed by atoms with van der Waals surface area (Å²) in [5.41, 5.74) is 3.34. The van der Waals surface area contributed by atoms with Crippen LogP contribution in [0.15, 0.2) is 103 Å². The van der Waals surface area contributed by atoms with Gasteiger partial charge in [0.15, 0.2) is 5.78 Å². The van der Waals surface area contributed by atoms with Crippen molar-refractivity contribution in [1.82, 2.24) is 0 Å². The fourth-order valence-electron chi connectivity index (χ4n) is 2.97. The first-order valence-electron chi connectivity index (χ1n) is 8.93. The molecule has 0 saturated heterocycles. The zero-order valence-electron chi connectivity index (χ0n) is 15.0. The molecule has 3 heteroatoms. The Kier molecular flexibility index (Phi) is 5.22. The Hall–Kier alpha value is -3.36. The summed E-state index contributed by atoms with van der Waals surface area (Å²) in [6.07, 6.45) is 0. The highest BCUT2D eigenvalue weighted by atomic mass is 35.5. The summed E-state index contributed by atoms with van der Waals surface area (Å²) in [6, 6.07) is 32.1. The Morgan fingerprint density at radius 3 is 1.96 bits per heavy atom. The molecule has 4 rings (SSSR count). The normalized spacial score (nSPS) is 10.5. The van der Waals surface area contributed by atoms with Crippen LogP contribution in [0, 0.1) is 0 Å². The van der Waals surface area contributed by atoms with Crippen molar-refractivity contribution in [2.45, 2.75) is 0 Å². The van der Waals surface area contributed by atoms with Crippen molar-refractivity contribution in [2.75, 3.05) is 0 Å². The van der Waals surface area contributed by atoms with Crippen LogP contribution in [0.1, 0.15) is 15.9 Å². The summed E-state index contributed by atoms with van der Waals surface area (Å²) in [4.78, 5) is 12.9. The number of hydrogen-bond acceptors (Lipinski definition) is 2. The number of benzene rings is 4. The molecule has 4 aromatic carbocycles. The van der Waals surface area contributed by atoms with Gasteiger partial charge in [0.2, 0.25) is 0 Å². The number of carbonyl (C=O) groups excluding carboxylic acids is 1. The summed E-state index contributed by atoms with van der Waals surface area (Å²) in [5.74, 6) is 1.10. The lowest BCUT2D eigenvalue weighted by atomic mass is 10.0. The van der Waals surface area contributed by atoms with Crippen LogP contribution in [-0.2, 0) is 0 Å². The minimum Gasteiger partial charge on any atom is -0.457 e. The maximum absolute atomic E-state index is 12.9. The van der Waals surface area contributed by atoms with E-state index in [2.05, 4.69) is 12.1 Å². The van der Waals surface area contributed by atoms with Gasteiger partial charge in [-0.2, -0.15) is 0 Å². The van der Waals surface area contributed by atoms with Gasteiger partial charge in [0.1, 0.15) is 11.5 Å². The molecule has 28 heavy (non-hydrogen) atoms. The van der Waals surface area contributed by atoms with E-state index in [4.69, 9.17) is 16.3 Å². The minimum absolute atomic E-state index is 0.104. The predicted octanol–water partition coefficient (Wildman–Crippen LogP) is 7.03. The van der Waals surface area contributed by atoms with Crippen LogP contribution < -0.4 is 4.74 Å². The van der Waals surface area contributed by atoms with E-state index >= 15 is 0 Å². The number of carbonyl (C=O) groups is 1. The number of para-hydroxylation sites is 1. The number of ether oxygens (including phenoxy) is 1. The van der Waals surface area contributed by atoms with Crippen molar-refractivity contribution < 1.29 is 9.53 Å². The van der Waals surface area contributed by atoms with Crippen LogP contribution in [0.25, 0.3) is 11.1 Å². The van der Waals surface area contributed by atoms with Gasteiger partial charge in [0, 0.05) is 10.6 Å². The zero-order chi connectivity index (χ0) is 19.3. The van der Waals surface area contributed by atoms with Crippen LogP contribution >= 0.6 is 11.6 Å². The second-order valence-corrected chi connectivity index (χ2v) is 6.76. The summed E-state index contributed by atoms with van der Waals surface area (Å²) in [6.45, 7) is 0. The predicted molar refractivity (Wildman–Crippen MR) is 113 cm³/mol. The molecular weight excluding hydrogens is 368 g/mol. The minimum atomic E-state index is -0.104. The quantitative estimate of drug-likeness (QED) is 0.345. The largest absolute Gasteiger partial charge is 0.457 e. The van der Waals surface area contributed by atoms with Gasteiger partial charge < -0.3 is 4.74 Å². The Morgan fingerprint density at radius 2 is 1.25 bits per heavy atom. The molecule has 0 saturated carbocycles. The first-order valence-corrected chi connectivity index (χ1v) is 9.31. The first kappa shape index (κ1) is 18.0. The van der Waals surface area contributed by atoms with Crippen molar-refractivity contribution in [3.05, 3.63) is 119 Å². The van der Waals surface area contributed by atoms with Gasteiger partial charge in [-0.3, -0.25) is 4.79 Å². The average molecular weight is 385 g/mol. The van der Waals surface area contributed by atoms with E-state index < -0.39 is 0 Å². The fraction of sp³-hybridized carbons (Fsp3) is 0. The molecule has 0 aromatic heterocycles. The molecule has 0 heterocycles. The molecule has 0 fully saturated rings. The number of halogens is 1. The van der Waals surface area contributed by atoms with Crippen LogP contribution in [0.3, 0.4) is 0 Å². The van der Waals surface area contributed by atoms with E-state index in [0.29, 0.717) is 27.6 Å². The van der Waals surface area contributed by atoms with Gasteiger partial charge in [-0.25, -0.2) is 0 Å². The van der Waals surface area contributed by atoms with Gasteiger partial charge in [0.05, 0.1) is 5.56 Å². The van der Waals surface area contributed by atoms with E-state index in [1.54, 1.807) is 36.4 Å². The van der Waals surface area contributed by atoms with E-state index in [9.17, 15) is 4.79 Å². The number of hydrogen-bond donors (Lipinski definition) is 0. The Balaban J connectivity index is 1.59. The smallest absolute Gasteiger partial charge is 0.196 e. The lowest BCUT2D eigenvalue weighted by Gasteiger charge is -2.11. The maximum atomic E-state index is 12.9. The Labute approximate surface area is 169 Å². The molecule has 0 aliphatic rings. The molecule has 0 unspecified atom stereocenters. The highest BCUT2D eigenvalue weighted by Gasteiger charge is 2.15. The molecule has 0 N–H and O–H groups in total. The highest BCUT2D eigenvalue weighted by Crippen LogP contribution is 2.29. The molecule has 0 aliphatic heterocycles. The molecule has 0 radical (unpaired) electrons. The second kappa shape index (κ2) is 8.12. The molecule has 0 atom stereocenters. The summed E-state index contributed by atoms with van der Waals surface area (Å²) >= 11 is 5.92. The van der Waals surface area contributed by atoms with E-state index in [1.165, 1.54) is 0 Å². The summed E-state index contributed by atoms with van der Waals surface area (Å²) in [7, 11) is 0. The highest BCUT2D eigenvalue weighted by molar-refractivity contribution is 6.30. The van der Waals surface area contributed by atoms with Crippen LogP contribution in [0.5, 0.6) is 11.5 Å². The number of ketones is 1. The van der Waals surface area contributed by atoms with E-state index in [1.807, 2.05) is 54.6 Å². The van der Waals surface area contributed by atoms with Gasteiger partial charge in [-0.05, 0) is 59.7 Å². The Morgan fingerprint density at radius 1 is 0.643 bits per heavy atom. The van der Waals surface area contributed by atoms with E-state index in [-0.39, 0.29) is 5.78 Å². The third-order valence-corrected chi connectivity index (χ3v) is 4.68. The topological polar surface area (TPSA) is 26.3 Å². The van der Waals surface area contributed by atoms with Crippen LogP contribution in [-0.4, -0.2) is 5.78 Å². The molecule has 4 aromatic rings. The molecular formula is C25H17ClO2. The standard InChI is InChI=1S/C25H17ClO2/c26-21-14-10-20(11-15-21)25(27)23-8-4-5-9-24(23)28-22-16-12-19(13-17-22)18-6-2-1-3-7-18/h1-17H. The first-order chi connectivity index (χ1) is 13.7. The lowest BCUT2D eigenvalue weighted by Crippen LogP contribution is -2.03. The summed E-state index contributed by atoms with van der Waals surface area (Å²) < 4.78 is 6.02. The van der Waals surface area contributed by atoms with Gasteiger partial charge in [0.25, 0.3) is 0 Å². The molecule has 2 nitrogen and oxygen atoms in total. The second-order valence-electron chi connectivity index (χ2n) is 6.32. The molecule has 136 valence electrons. The van der Waals surface area contributed by atoms with Crippen molar-refractivity contribution in [2.24, 2.45) is 0 Å². The zero-order valence-corrected chi connectivity index (χ0v) is 15.8. The van der Waals surface area contributed by atoms with Crippen LogP contribution in [0.4, 0.5) is 0 Å². The number of rotatable bonds is 5. The van der Waals surface area contributed by atoms with Crippen LogP contribution in [0.2, 0.25) is 5.02 Å². The van der Waals surface area contributed by atoms with Crippen molar-refractivity contribution in [1.29, 1.82) is 0 Å². The summed E-state index contributed by atoms with van der Waals surface area (Å²) in [5, 5.41) is 0.597. The van der Waals surface area contributed by atoms with Crippen molar-refractivity contribution in [3.63, 3.8) is 0 Å².